The number of rotatable bonds is 5. The molecule has 2 heterocycles. The lowest BCUT2D eigenvalue weighted by Gasteiger charge is -2.11. The Hall–Kier alpha value is -1.38. The lowest BCUT2D eigenvalue weighted by molar-refractivity contribution is 0.0850. The number of aromatic nitrogens is 1. The fourth-order valence-corrected chi connectivity index (χ4v) is 2.74. The van der Waals surface area contributed by atoms with Crippen LogP contribution in [0.2, 0.25) is 0 Å². The molecule has 1 aliphatic heterocycles. The summed E-state index contributed by atoms with van der Waals surface area (Å²) in [4.78, 5) is 12.0. The van der Waals surface area contributed by atoms with Crippen molar-refractivity contribution in [1.82, 2.24) is 9.88 Å². The number of amides is 1. The van der Waals surface area contributed by atoms with Crippen LogP contribution in [0.1, 0.15) is 30.3 Å². The highest BCUT2D eigenvalue weighted by Crippen LogP contribution is 2.14. The van der Waals surface area contributed by atoms with E-state index in [1.54, 1.807) is 4.57 Å². The van der Waals surface area contributed by atoms with Crippen LogP contribution in [-0.4, -0.2) is 38.1 Å². The molecule has 1 aliphatic rings. The lowest BCUT2D eigenvalue weighted by atomic mass is 10.2. The Morgan fingerprint density at radius 2 is 2.35 bits per heavy atom. The third kappa shape index (κ3) is 3.38. The zero-order valence-electron chi connectivity index (χ0n) is 11.3. The summed E-state index contributed by atoms with van der Waals surface area (Å²) < 4.78 is 29.6. The number of primary sulfonamides is 1. The van der Waals surface area contributed by atoms with Crippen molar-refractivity contribution in [2.75, 3.05) is 13.2 Å². The minimum absolute atomic E-state index is 0.0432. The van der Waals surface area contributed by atoms with Gasteiger partial charge in [0.25, 0.3) is 5.91 Å². The Balaban J connectivity index is 2.10. The van der Waals surface area contributed by atoms with Gasteiger partial charge in [0.15, 0.2) is 0 Å². The smallest absolute Gasteiger partial charge is 0.268 e. The van der Waals surface area contributed by atoms with Crippen molar-refractivity contribution in [3.8, 4) is 0 Å². The number of carbonyl (C=O) groups is 1. The molecule has 0 aliphatic carbocycles. The number of nitrogens with one attached hydrogen (secondary N) is 1. The number of aryl methyl sites for hydroxylation is 1. The standard InChI is InChI=1S/C12H19N3O4S/c1-2-15-8-10(20(13,17)18)6-11(15)12(16)14-7-9-4-3-5-19-9/h6,8-9H,2-5,7H2,1H3,(H,14,16)(H2,13,17,18). The average Bonchev–Trinajstić information content (AvgIpc) is 3.03. The number of hydrogen-bond acceptors (Lipinski definition) is 4. The molecule has 1 unspecified atom stereocenters. The van der Waals surface area contributed by atoms with Gasteiger partial charge in [-0.15, -0.1) is 0 Å². The van der Waals surface area contributed by atoms with Crippen molar-refractivity contribution in [3.63, 3.8) is 0 Å². The predicted octanol–water partition coefficient (Wildman–Crippen LogP) is 0.0642. The fraction of sp³-hybridized carbons (Fsp3) is 0.583. The van der Waals surface area contributed by atoms with E-state index >= 15 is 0 Å². The summed E-state index contributed by atoms with van der Waals surface area (Å²) in [5.74, 6) is -0.322. The summed E-state index contributed by atoms with van der Waals surface area (Å²) in [6.45, 7) is 3.46. The Morgan fingerprint density at radius 3 is 2.90 bits per heavy atom. The van der Waals surface area contributed by atoms with Crippen LogP contribution in [0.25, 0.3) is 0 Å². The van der Waals surface area contributed by atoms with Gasteiger partial charge in [-0.2, -0.15) is 0 Å². The Bertz CT molecular complexity index is 588. The highest BCUT2D eigenvalue weighted by Gasteiger charge is 2.20. The molecule has 0 radical (unpaired) electrons. The van der Waals surface area contributed by atoms with Crippen molar-refractivity contribution in [2.24, 2.45) is 5.14 Å². The first-order valence-electron chi connectivity index (χ1n) is 6.54. The van der Waals surface area contributed by atoms with Gasteiger partial charge in [0.2, 0.25) is 10.0 Å². The Morgan fingerprint density at radius 1 is 1.60 bits per heavy atom. The van der Waals surface area contributed by atoms with E-state index in [1.165, 1.54) is 12.3 Å². The maximum Gasteiger partial charge on any atom is 0.268 e. The molecule has 20 heavy (non-hydrogen) atoms. The molecule has 0 saturated carbocycles. The maximum absolute atomic E-state index is 12.1. The third-order valence-electron chi connectivity index (χ3n) is 3.29. The first kappa shape index (κ1) is 15.0. The van der Waals surface area contributed by atoms with Gasteiger partial charge in [-0.05, 0) is 25.8 Å². The quantitative estimate of drug-likeness (QED) is 0.802. The van der Waals surface area contributed by atoms with E-state index in [0.717, 1.165) is 19.4 Å². The van der Waals surface area contributed by atoms with Gasteiger partial charge in [-0.3, -0.25) is 4.79 Å². The summed E-state index contributed by atoms with van der Waals surface area (Å²) in [5.41, 5.74) is 0.287. The SMILES string of the molecule is CCn1cc(S(N)(=O)=O)cc1C(=O)NCC1CCCO1. The molecule has 1 atom stereocenters. The van der Waals surface area contributed by atoms with Gasteiger partial charge in [0.1, 0.15) is 10.6 Å². The Labute approximate surface area is 118 Å². The molecular weight excluding hydrogens is 282 g/mol. The van der Waals surface area contributed by atoms with Crippen LogP contribution in [0.4, 0.5) is 0 Å². The lowest BCUT2D eigenvalue weighted by Crippen LogP contribution is -2.32. The number of nitrogens with zero attached hydrogens (tertiary/aromatic N) is 1. The van der Waals surface area contributed by atoms with Crippen LogP contribution in [-0.2, 0) is 21.3 Å². The van der Waals surface area contributed by atoms with Crippen molar-refractivity contribution in [2.45, 2.75) is 37.3 Å². The van der Waals surface area contributed by atoms with Crippen molar-refractivity contribution < 1.29 is 17.9 Å². The van der Waals surface area contributed by atoms with E-state index in [4.69, 9.17) is 9.88 Å². The molecule has 1 fully saturated rings. The zero-order valence-corrected chi connectivity index (χ0v) is 12.1. The number of sulfonamides is 1. The first-order valence-corrected chi connectivity index (χ1v) is 8.09. The fourth-order valence-electron chi connectivity index (χ4n) is 2.19. The number of nitrogens with two attached hydrogens (primary N) is 1. The van der Waals surface area contributed by atoms with Crippen molar-refractivity contribution in [3.05, 3.63) is 18.0 Å². The first-order chi connectivity index (χ1) is 9.41. The predicted molar refractivity (Wildman–Crippen MR) is 72.8 cm³/mol. The molecule has 0 aromatic carbocycles. The van der Waals surface area contributed by atoms with E-state index in [-0.39, 0.29) is 22.6 Å². The zero-order chi connectivity index (χ0) is 14.8. The molecule has 1 aromatic heterocycles. The summed E-state index contributed by atoms with van der Waals surface area (Å²) in [7, 11) is -3.80. The molecule has 0 bridgehead atoms. The molecular formula is C12H19N3O4S. The van der Waals surface area contributed by atoms with Gasteiger partial charge < -0.3 is 14.6 Å². The van der Waals surface area contributed by atoms with Gasteiger partial charge in [-0.25, -0.2) is 13.6 Å². The Kier molecular flexibility index (Phi) is 4.46. The molecule has 112 valence electrons. The highest BCUT2D eigenvalue weighted by molar-refractivity contribution is 7.89. The highest BCUT2D eigenvalue weighted by atomic mass is 32.2. The molecule has 7 nitrogen and oxygen atoms in total. The number of carbonyl (C=O) groups excluding carboxylic acids is 1. The minimum atomic E-state index is -3.80. The maximum atomic E-state index is 12.1. The molecule has 1 aromatic rings. The summed E-state index contributed by atoms with van der Waals surface area (Å²) in [5, 5.41) is 7.83. The minimum Gasteiger partial charge on any atom is -0.376 e. The summed E-state index contributed by atoms with van der Waals surface area (Å²) >= 11 is 0. The number of hydrogen-bond donors (Lipinski definition) is 2. The molecule has 3 N–H and O–H groups in total. The van der Waals surface area contributed by atoms with E-state index in [0.29, 0.717) is 13.1 Å². The van der Waals surface area contributed by atoms with Crippen LogP contribution in [0, 0.1) is 0 Å². The molecule has 0 spiro atoms. The topological polar surface area (TPSA) is 103 Å². The molecule has 1 amide bonds. The van der Waals surface area contributed by atoms with Gasteiger partial charge in [0, 0.05) is 25.9 Å². The normalized spacial score (nSPS) is 19.2. The molecule has 8 heteroatoms. The van der Waals surface area contributed by atoms with Crippen LogP contribution < -0.4 is 10.5 Å². The van der Waals surface area contributed by atoms with Crippen molar-refractivity contribution >= 4 is 15.9 Å². The van der Waals surface area contributed by atoms with E-state index in [1.807, 2.05) is 6.92 Å². The van der Waals surface area contributed by atoms with Crippen LogP contribution in [0.5, 0.6) is 0 Å². The largest absolute Gasteiger partial charge is 0.376 e. The van der Waals surface area contributed by atoms with Crippen molar-refractivity contribution in [1.29, 1.82) is 0 Å². The summed E-state index contributed by atoms with van der Waals surface area (Å²) in [6, 6.07) is 1.30. The van der Waals surface area contributed by atoms with E-state index in [2.05, 4.69) is 5.32 Å². The number of ether oxygens (including phenoxy) is 1. The molecule has 2 rings (SSSR count). The van der Waals surface area contributed by atoms with Gasteiger partial charge in [-0.1, -0.05) is 0 Å². The van der Waals surface area contributed by atoms with Gasteiger partial charge >= 0.3 is 0 Å². The second kappa shape index (κ2) is 5.94. The van der Waals surface area contributed by atoms with Crippen LogP contribution in [0.15, 0.2) is 17.2 Å². The van der Waals surface area contributed by atoms with E-state index in [9.17, 15) is 13.2 Å². The van der Waals surface area contributed by atoms with Crippen LogP contribution >= 0.6 is 0 Å². The van der Waals surface area contributed by atoms with Crippen LogP contribution in [0.3, 0.4) is 0 Å². The van der Waals surface area contributed by atoms with E-state index < -0.39 is 10.0 Å². The van der Waals surface area contributed by atoms with Gasteiger partial charge in [0.05, 0.1) is 6.10 Å². The second-order valence-electron chi connectivity index (χ2n) is 4.74. The third-order valence-corrected chi connectivity index (χ3v) is 4.17. The summed E-state index contributed by atoms with van der Waals surface area (Å²) in [6.07, 6.45) is 3.34. The second-order valence-corrected chi connectivity index (χ2v) is 6.30. The monoisotopic (exact) mass is 301 g/mol. The molecule has 1 saturated heterocycles. The average molecular weight is 301 g/mol.